The lowest BCUT2D eigenvalue weighted by Crippen LogP contribution is -2.28. The smallest absolute Gasteiger partial charge is 0.319 e. The first-order chi connectivity index (χ1) is 16.7. The predicted octanol–water partition coefficient (Wildman–Crippen LogP) is 4.79. The number of carbonyl (C=O) groups is 2. The molecule has 0 aliphatic heterocycles. The van der Waals surface area contributed by atoms with Crippen LogP contribution in [0.4, 0.5) is 21.0 Å². The van der Waals surface area contributed by atoms with Gasteiger partial charge in [0.25, 0.3) is 0 Å². The minimum atomic E-state index is -0.283. The highest BCUT2D eigenvalue weighted by molar-refractivity contribution is 5.90. The molecule has 0 bridgehead atoms. The van der Waals surface area contributed by atoms with Crippen LogP contribution >= 0.6 is 0 Å². The molecule has 8 nitrogen and oxygen atoms in total. The van der Waals surface area contributed by atoms with Crippen LogP contribution in [0.5, 0.6) is 0 Å². The van der Waals surface area contributed by atoms with Crippen LogP contribution in [-0.2, 0) is 13.1 Å². The monoisotopic (exact) mass is 452 g/mol. The fraction of sp³-hybridized carbons (Fsp3) is 0.0769. The molecule has 4 N–H and O–H groups in total. The van der Waals surface area contributed by atoms with Crippen LogP contribution in [0.25, 0.3) is 11.1 Å². The van der Waals surface area contributed by atoms with Crippen molar-refractivity contribution in [2.75, 3.05) is 10.6 Å². The number of benzene rings is 2. The molecule has 0 aliphatic carbocycles. The zero-order chi connectivity index (χ0) is 23.6. The van der Waals surface area contributed by atoms with E-state index >= 15 is 0 Å². The van der Waals surface area contributed by atoms with Crippen molar-refractivity contribution in [1.29, 1.82) is 0 Å². The molecule has 0 saturated carbocycles. The number of amides is 4. The highest BCUT2D eigenvalue weighted by atomic mass is 16.2. The molecule has 0 aliphatic rings. The van der Waals surface area contributed by atoms with E-state index in [2.05, 4.69) is 31.2 Å². The van der Waals surface area contributed by atoms with Crippen LogP contribution in [0.3, 0.4) is 0 Å². The molecule has 2 aromatic carbocycles. The van der Waals surface area contributed by atoms with Crippen molar-refractivity contribution in [3.05, 3.63) is 109 Å². The Morgan fingerprint density at radius 1 is 0.588 bits per heavy atom. The maximum atomic E-state index is 12.1. The number of anilines is 2. The Kier molecular flexibility index (Phi) is 7.43. The summed E-state index contributed by atoms with van der Waals surface area (Å²) in [5.74, 6) is 0. The summed E-state index contributed by atoms with van der Waals surface area (Å²) in [7, 11) is 0. The third-order valence-corrected chi connectivity index (χ3v) is 4.97. The van der Waals surface area contributed by atoms with Crippen molar-refractivity contribution in [2.24, 2.45) is 0 Å². The number of hydrogen-bond acceptors (Lipinski definition) is 4. The van der Waals surface area contributed by atoms with Gasteiger partial charge in [-0.05, 0) is 58.7 Å². The third-order valence-electron chi connectivity index (χ3n) is 4.97. The van der Waals surface area contributed by atoms with Crippen molar-refractivity contribution in [1.82, 2.24) is 20.6 Å². The second kappa shape index (κ2) is 11.2. The Morgan fingerprint density at radius 3 is 1.35 bits per heavy atom. The normalized spacial score (nSPS) is 10.2. The Bertz CT molecular complexity index is 1110. The average Bonchev–Trinajstić information content (AvgIpc) is 2.88. The van der Waals surface area contributed by atoms with Gasteiger partial charge in [0, 0.05) is 49.3 Å². The second-order valence-electron chi connectivity index (χ2n) is 7.49. The number of rotatable bonds is 7. The maximum absolute atomic E-state index is 12.1. The molecule has 34 heavy (non-hydrogen) atoms. The molecule has 4 rings (SSSR count). The van der Waals surface area contributed by atoms with E-state index < -0.39 is 0 Å². The summed E-state index contributed by atoms with van der Waals surface area (Å²) in [5, 5.41) is 11.2. The van der Waals surface area contributed by atoms with E-state index in [4.69, 9.17) is 0 Å². The molecular formula is C26H24N6O2. The van der Waals surface area contributed by atoms with Crippen LogP contribution in [-0.4, -0.2) is 22.0 Å². The molecule has 170 valence electrons. The van der Waals surface area contributed by atoms with Gasteiger partial charge < -0.3 is 21.3 Å². The van der Waals surface area contributed by atoms with Crippen molar-refractivity contribution in [3.63, 3.8) is 0 Å². The van der Waals surface area contributed by atoms with E-state index in [0.29, 0.717) is 24.5 Å². The molecule has 0 spiro atoms. The highest BCUT2D eigenvalue weighted by Gasteiger charge is 2.05. The zero-order valence-electron chi connectivity index (χ0n) is 18.4. The predicted molar refractivity (Wildman–Crippen MR) is 132 cm³/mol. The molecule has 0 fully saturated rings. The van der Waals surface area contributed by atoms with E-state index in [0.717, 1.165) is 22.3 Å². The Labute approximate surface area is 197 Å². The molecule has 2 heterocycles. The summed E-state index contributed by atoms with van der Waals surface area (Å²) >= 11 is 0. The van der Waals surface area contributed by atoms with Crippen LogP contribution in [0.2, 0.25) is 0 Å². The first-order valence-electron chi connectivity index (χ1n) is 10.7. The third kappa shape index (κ3) is 6.64. The van der Waals surface area contributed by atoms with E-state index in [1.807, 2.05) is 72.8 Å². The Balaban J connectivity index is 1.26. The van der Waals surface area contributed by atoms with Gasteiger partial charge in [-0.2, -0.15) is 0 Å². The van der Waals surface area contributed by atoms with E-state index in [1.54, 1.807) is 24.8 Å². The van der Waals surface area contributed by atoms with Crippen LogP contribution in [0.1, 0.15) is 11.1 Å². The largest absolute Gasteiger partial charge is 0.334 e. The lowest BCUT2D eigenvalue weighted by molar-refractivity contribution is 0.251. The zero-order valence-corrected chi connectivity index (χ0v) is 18.4. The molecule has 0 unspecified atom stereocenters. The Morgan fingerprint density at radius 2 is 1.00 bits per heavy atom. The van der Waals surface area contributed by atoms with E-state index in [1.165, 1.54) is 0 Å². The molecule has 4 amide bonds. The number of nitrogens with zero attached hydrogens (tertiary/aromatic N) is 2. The van der Waals surface area contributed by atoms with Gasteiger partial charge in [-0.25, -0.2) is 9.59 Å². The average molecular weight is 453 g/mol. The number of nitrogens with one attached hydrogen (secondary N) is 4. The summed E-state index contributed by atoms with van der Waals surface area (Å²) in [6.07, 6.45) is 6.81. The number of pyridine rings is 2. The Hall–Kier alpha value is -4.72. The quantitative estimate of drug-likeness (QED) is 0.323. The van der Waals surface area contributed by atoms with Gasteiger partial charge in [0.2, 0.25) is 0 Å². The summed E-state index contributed by atoms with van der Waals surface area (Å²) in [6, 6.07) is 22.0. The summed E-state index contributed by atoms with van der Waals surface area (Å²) in [6.45, 7) is 0.805. The fourth-order valence-electron chi connectivity index (χ4n) is 3.21. The van der Waals surface area contributed by atoms with Crippen molar-refractivity contribution in [2.45, 2.75) is 13.1 Å². The summed E-state index contributed by atoms with van der Waals surface area (Å²) < 4.78 is 0. The van der Waals surface area contributed by atoms with Crippen LogP contribution < -0.4 is 21.3 Å². The topological polar surface area (TPSA) is 108 Å². The van der Waals surface area contributed by atoms with Crippen molar-refractivity contribution < 1.29 is 9.59 Å². The van der Waals surface area contributed by atoms with Gasteiger partial charge >= 0.3 is 12.1 Å². The van der Waals surface area contributed by atoms with Gasteiger partial charge in [0.05, 0.1) is 0 Å². The highest BCUT2D eigenvalue weighted by Crippen LogP contribution is 2.23. The fourth-order valence-corrected chi connectivity index (χ4v) is 3.21. The van der Waals surface area contributed by atoms with Crippen molar-refractivity contribution in [3.8, 4) is 11.1 Å². The standard InChI is InChI=1S/C26H24N6O2/c33-25(29-17-19-3-1-13-27-15-19)31-23-9-5-21(6-10-23)22-7-11-24(12-8-22)32-26(34)30-18-20-4-2-14-28-16-20/h1-16H,17-18H2,(H2,29,31,33)(H2,30,32,34). The molecule has 0 atom stereocenters. The van der Waals surface area contributed by atoms with E-state index in [9.17, 15) is 9.59 Å². The first-order valence-corrected chi connectivity index (χ1v) is 10.7. The van der Waals surface area contributed by atoms with Crippen LogP contribution in [0, 0.1) is 0 Å². The lowest BCUT2D eigenvalue weighted by atomic mass is 10.1. The lowest BCUT2D eigenvalue weighted by Gasteiger charge is -2.10. The van der Waals surface area contributed by atoms with E-state index in [-0.39, 0.29) is 12.1 Å². The molecule has 0 saturated heterocycles. The number of aromatic nitrogens is 2. The number of hydrogen-bond donors (Lipinski definition) is 4. The molecule has 8 heteroatoms. The number of carbonyl (C=O) groups excluding carboxylic acids is 2. The number of urea groups is 2. The molecule has 4 aromatic rings. The SMILES string of the molecule is O=C(NCc1cccnc1)Nc1ccc(-c2ccc(NC(=O)NCc3cccnc3)cc2)cc1. The molecule has 0 radical (unpaired) electrons. The first kappa shape index (κ1) is 22.5. The summed E-state index contributed by atoms with van der Waals surface area (Å²) in [5.41, 5.74) is 5.23. The van der Waals surface area contributed by atoms with Gasteiger partial charge in [-0.15, -0.1) is 0 Å². The minimum absolute atomic E-state index is 0.283. The maximum Gasteiger partial charge on any atom is 0.319 e. The van der Waals surface area contributed by atoms with Crippen molar-refractivity contribution >= 4 is 23.4 Å². The van der Waals surface area contributed by atoms with Gasteiger partial charge in [0.1, 0.15) is 0 Å². The molecular weight excluding hydrogens is 428 g/mol. The van der Waals surface area contributed by atoms with Gasteiger partial charge in [0.15, 0.2) is 0 Å². The van der Waals surface area contributed by atoms with Gasteiger partial charge in [-0.3, -0.25) is 9.97 Å². The van der Waals surface area contributed by atoms with Crippen LogP contribution in [0.15, 0.2) is 97.6 Å². The van der Waals surface area contributed by atoms with Gasteiger partial charge in [-0.1, -0.05) is 36.4 Å². The summed E-state index contributed by atoms with van der Waals surface area (Å²) in [4.78, 5) is 32.3. The minimum Gasteiger partial charge on any atom is -0.334 e. The molecule has 2 aromatic heterocycles. The second-order valence-corrected chi connectivity index (χ2v) is 7.49.